The Labute approximate surface area is 233 Å². The molecule has 0 saturated carbocycles. The highest BCUT2D eigenvalue weighted by molar-refractivity contribution is 5.94. The molecule has 1 fully saturated rings. The first-order valence-electron chi connectivity index (χ1n) is 13.4. The summed E-state index contributed by atoms with van der Waals surface area (Å²) in [4.78, 5) is 63.5. The second kappa shape index (κ2) is 14.3. The minimum Gasteiger partial charge on any atom is -0.372 e. The van der Waals surface area contributed by atoms with E-state index in [4.69, 9.17) is 4.74 Å². The Morgan fingerprint density at radius 1 is 1.10 bits per heavy atom. The highest BCUT2D eigenvalue weighted by Gasteiger charge is 2.43. The summed E-state index contributed by atoms with van der Waals surface area (Å²) in [5.41, 5.74) is 0.996. The van der Waals surface area contributed by atoms with Gasteiger partial charge >= 0.3 is 0 Å². The lowest BCUT2D eigenvalue weighted by atomic mass is 10.0. The Balaban J connectivity index is 1.77. The van der Waals surface area contributed by atoms with Crippen molar-refractivity contribution < 1.29 is 28.8 Å². The van der Waals surface area contributed by atoms with E-state index in [2.05, 4.69) is 10.6 Å². The van der Waals surface area contributed by atoms with Gasteiger partial charge in [-0.3, -0.25) is 24.5 Å². The SMILES string of the molecule is CC[C@@H](C=O)NC(=O)[C@@H]1C[C@@H](OCc2ccccc2)CN1C(=O)[C@@H](NC(=O)Cc1ccccc1[N+](=O)[O-])C(C)C. The van der Waals surface area contributed by atoms with Crippen molar-refractivity contribution in [1.29, 1.82) is 0 Å². The highest BCUT2D eigenvalue weighted by Crippen LogP contribution is 2.25. The first-order chi connectivity index (χ1) is 19.1. The van der Waals surface area contributed by atoms with Gasteiger partial charge in [-0.05, 0) is 17.9 Å². The van der Waals surface area contributed by atoms with Crippen LogP contribution in [0, 0.1) is 16.0 Å². The van der Waals surface area contributed by atoms with Gasteiger partial charge in [-0.2, -0.15) is 0 Å². The van der Waals surface area contributed by atoms with E-state index in [-0.39, 0.29) is 36.6 Å². The van der Waals surface area contributed by atoms with Gasteiger partial charge in [0.15, 0.2) is 0 Å². The molecule has 1 aliphatic heterocycles. The summed E-state index contributed by atoms with van der Waals surface area (Å²) in [5, 5.41) is 16.8. The summed E-state index contributed by atoms with van der Waals surface area (Å²) in [6, 6.07) is 12.9. The number of carbonyl (C=O) groups excluding carboxylic acids is 4. The van der Waals surface area contributed by atoms with Crippen LogP contribution in [0.15, 0.2) is 54.6 Å². The number of aldehydes is 1. The van der Waals surface area contributed by atoms with Crippen molar-refractivity contribution in [2.24, 2.45) is 5.92 Å². The molecule has 4 atom stereocenters. The third-order valence-corrected chi connectivity index (χ3v) is 6.90. The zero-order valence-corrected chi connectivity index (χ0v) is 22.9. The highest BCUT2D eigenvalue weighted by atomic mass is 16.6. The predicted octanol–water partition coefficient (Wildman–Crippen LogP) is 2.56. The smallest absolute Gasteiger partial charge is 0.273 e. The number of nitrogens with one attached hydrogen (secondary N) is 2. The predicted molar refractivity (Wildman–Crippen MR) is 147 cm³/mol. The van der Waals surface area contributed by atoms with E-state index in [1.54, 1.807) is 26.8 Å². The molecule has 0 unspecified atom stereocenters. The second-order valence-electron chi connectivity index (χ2n) is 10.2. The zero-order chi connectivity index (χ0) is 29.2. The number of nitro groups is 1. The number of carbonyl (C=O) groups is 4. The van der Waals surface area contributed by atoms with Gasteiger partial charge in [0, 0.05) is 24.6 Å². The normalized spacial score (nSPS) is 18.1. The molecule has 11 nitrogen and oxygen atoms in total. The first-order valence-corrected chi connectivity index (χ1v) is 13.4. The minimum atomic E-state index is -0.980. The molecule has 2 aromatic carbocycles. The molecule has 40 heavy (non-hydrogen) atoms. The molecule has 3 amide bonds. The fourth-order valence-electron chi connectivity index (χ4n) is 4.64. The molecular formula is C29H36N4O7. The van der Waals surface area contributed by atoms with Gasteiger partial charge in [-0.15, -0.1) is 0 Å². The number of ether oxygens (including phenoxy) is 1. The van der Waals surface area contributed by atoms with Crippen LogP contribution in [0.5, 0.6) is 0 Å². The average molecular weight is 553 g/mol. The van der Waals surface area contributed by atoms with Crippen molar-refractivity contribution in [3.8, 4) is 0 Å². The third kappa shape index (κ3) is 7.95. The number of nitrogens with zero attached hydrogens (tertiary/aromatic N) is 2. The Kier molecular flexibility index (Phi) is 10.9. The molecular weight excluding hydrogens is 516 g/mol. The fourth-order valence-corrected chi connectivity index (χ4v) is 4.64. The molecule has 0 spiro atoms. The van der Waals surface area contributed by atoms with E-state index in [1.807, 2.05) is 30.3 Å². The summed E-state index contributed by atoms with van der Waals surface area (Å²) in [6.45, 7) is 5.73. The topological polar surface area (TPSA) is 148 Å². The van der Waals surface area contributed by atoms with Gasteiger partial charge in [0.2, 0.25) is 17.7 Å². The maximum atomic E-state index is 13.8. The van der Waals surface area contributed by atoms with Crippen LogP contribution in [0.1, 0.15) is 44.7 Å². The van der Waals surface area contributed by atoms with Crippen molar-refractivity contribution in [3.63, 3.8) is 0 Å². The lowest BCUT2D eigenvalue weighted by Gasteiger charge is -2.30. The number of hydrogen-bond acceptors (Lipinski definition) is 7. The number of benzene rings is 2. The van der Waals surface area contributed by atoms with Crippen LogP contribution in [-0.4, -0.2) is 64.6 Å². The molecule has 0 aliphatic carbocycles. The number of amides is 3. The summed E-state index contributed by atoms with van der Waals surface area (Å²) >= 11 is 0. The molecule has 1 aliphatic rings. The van der Waals surface area contributed by atoms with Crippen molar-refractivity contribution in [1.82, 2.24) is 15.5 Å². The molecule has 1 saturated heterocycles. The Bertz CT molecular complexity index is 1200. The van der Waals surface area contributed by atoms with Crippen LogP contribution in [0.25, 0.3) is 0 Å². The van der Waals surface area contributed by atoms with Gasteiger partial charge in [0.25, 0.3) is 5.69 Å². The van der Waals surface area contributed by atoms with Gasteiger partial charge in [0.05, 0.1) is 30.1 Å². The monoisotopic (exact) mass is 552 g/mol. The molecule has 2 aromatic rings. The third-order valence-electron chi connectivity index (χ3n) is 6.90. The van der Waals surface area contributed by atoms with E-state index in [0.717, 1.165) is 5.56 Å². The van der Waals surface area contributed by atoms with E-state index < -0.39 is 46.9 Å². The molecule has 11 heteroatoms. The van der Waals surface area contributed by atoms with Crippen LogP contribution < -0.4 is 10.6 Å². The number of nitro benzene ring substituents is 1. The summed E-state index contributed by atoms with van der Waals surface area (Å²) in [7, 11) is 0. The number of rotatable bonds is 13. The largest absolute Gasteiger partial charge is 0.372 e. The quantitative estimate of drug-likeness (QED) is 0.220. The second-order valence-corrected chi connectivity index (χ2v) is 10.2. The van der Waals surface area contributed by atoms with Crippen molar-refractivity contribution in [2.75, 3.05) is 6.54 Å². The van der Waals surface area contributed by atoms with Gasteiger partial charge in [0.1, 0.15) is 18.4 Å². The number of hydrogen-bond donors (Lipinski definition) is 2. The maximum absolute atomic E-state index is 13.8. The van der Waals surface area contributed by atoms with Crippen LogP contribution in [0.3, 0.4) is 0 Å². The summed E-state index contributed by atoms with van der Waals surface area (Å²) < 4.78 is 6.05. The van der Waals surface area contributed by atoms with Crippen LogP contribution in [0.2, 0.25) is 0 Å². The van der Waals surface area contributed by atoms with Gasteiger partial charge < -0.3 is 25.1 Å². The molecule has 1 heterocycles. The maximum Gasteiger partial charge on any atom is 0.273 e. The molecule has 3 rings (SSSR count). The number of para-hydroxylation sites is 1. The standard InChI is InChI=1S/C29H36N4O7/c1-4-22(17-34)30-28(36)25-15-23(40-18-20-10-6-5-7-11-20)16-32(25)29(37)27(19(2)3)31-26(35)14-21-12-8-9-13-24(21)33(38)39/h5-13,17,19,22-23,25,27H,4,14-16,18H2,1-3H3,(H,30,36)(H,31,35)/t22-,23+,25-,27-/m0/s1. The first kappa shape index (κ1) is 30.4. The Morgan fingerprint density at radius 3 is 2.40 bits per heavy atom. The summed E-state index contributed by atoms with van der Waals surface area (Å²) in [6.07, 6.45) is 0.571. The molecule has 0 radical (unpaired) electrons. The van der Waals surface area contributed by atoms with Crippen molar-refractivity contribution in [2.45, 2.75) is 70.9 Å². The van der Waals surface area contributed by atoms with E-state index in [0.29, 0.717) is 19.3 Å². The van der Waals surface area contributed by atoms with Crippen molar-refractivity contribution in [3.05, 3.63) is 75.8 Å². The lowest BCUT2D eigenvalue weighted by Crippen LogP contribution is -2.56. The van der Waals surface area contributed by atoms with Gasteiger partial charge in [-0.1, -0.05) is 69.3 Å². The van der Waals surface area contributed by atoms with Gasteiger partial charge in [-0.25, -0.2) is 0 Å². The van der Waals surface area contributed by atoms with Crippen LogP contribution in [-0.2, 0) is 36.9 Å². The lowest BCUT2D eigenvalue weighted by molar-refractivity contribution is -0.385. The summed E-state index contributed by atoms with van der Waals surface area (Å²) in [5.74, 6) is -1.82. The Hall–Kier alpha value is -4.12. The van der Waals surface area contributed by atoms with Crippen LogP contribution in [0.4, 0.5) is 5.69 Å². The molecule has 0 aromatic heterocycles. The molecule has 214 valence electrons. The van der Waals surface area contributed by atoms with Crippen LogP contribution >= 0.6 is 0 Å². The zero-order valence-electron chi connectivity index (χ0n) is 22.9. The van der Waals surface area contributed by atoms with E-state index in [9.17, 15) is 29.3 Å². The van der Waals surface area contributed by atoms with E-state index in [1.165, 1.54) is 23.1 Å². The average Bonchev–Trinajstić information content (AvgIpc) is 3.38. The molecule has 0 bridgehead atoms. The molecule has 2 N–H and O–H groups in total. The van der Waals surface area contributed by atoms with E-state index >= 15 is 0 Å². The number of likely N-dealkylation sites (tertiary alicyclic amines) is 1. The minimum absolute atomic E-state index is 0.130. The fraction of sp³-hybridized carbons (Fsp3) is 0.448. The Morgan fingerprint density at radius 2 is 1.77 bits per heavy atom. The van der Waals surface area contributed by atoms with Crippen molar-refractivity contribution >= 4 is 29.7 Å².